The first kappa shape index (κ1) is 3.47. The van der Waals surface area contributed by atoms with Crippen molar-refractivity contribution in [1.29, 1.82) is 0 Å². The molecule has 0 saturated carbocycles. The molecule has 0 fully saturated rings. The van der Waals surface area contributed by atoms with Crippen LogP contribution in [0.4, 0.5) is 0 Å². The summed E-state index contributed by atoms with van der Waals surface area (Å²) in [6, 6.07) is 0. The Labute approximate surface area is 38.7 Å². The topological polar surface area (TPSA) is 0 Å². The van der Waals surface area contributed by atoms with Gasteiger partial charge in [0.15, 0.2) is 0 Å². The van der Waals surface area contributed by atoms with Crippen LogP contribution in [0.1, 0.15) is 0 Å². The number of rotatable bonds is 0. The Balaban J connectivity index is 2.32. The van der Waals surface area contributed by atoms with E-state index in [2.05, 4.69) is 12.2 Å². The van der Waals surface area contributed by atoms with Crippen molar-refractivity contribution in [3.63, 3.8) is 0 Å². The second-order valence-electron chi connectivity index (χ2n) is 1.13. The molecule has 0 N–H and O–H groups in total. The van der Waals surface area contributed by atoms with E-state index in [0.717, 1.165) is 0 Å². The van der Waals surface area contributed by atoms with Crippen LogP contribution in [0.2, 0.25) is 10.5 Å². The average Bonchev–Trinajstić information content (AvgIpc) is 1.76. The van der Waals surface area contributed by atoms with Crippen molar-refractivity contribution in [2.24, 2.45) is 0 Å². The van der Waals surface area contributed by atoms with Gasteiger partial charge in [-0.05, 0) is 0 Å². The Bertz CT molecular complexity index is 41.6. The molecule has 1 aliphatic rings. The Morgan fingerprint density at radius 1 is 1.20 bits per heavy atom. The Morgan fingerprint density at radius 2 is 1.80 bits per heavy atom. The van der Waals surface area contributed by atoms with Crippen LogP contribution in [0, 0.1) is 0 Å². The molecule has 1 heterocycles. The van der Waals surface area contributed by atoms with Crippen molar-refractivity contribution in [3.05, 3.63) is 12.2 Å². The summed E-state index contributed by atoms with van der Waals surface area (Å²) in [4.78, 5) is 0. The van der Waals surface area contributed by atoms with E-state index in [1.807, 2.05) is 0 Å². The molecule has 0 bridgehead atoms. The molecule has 0 nitrogen and oxygen atoms in total. The van der Waals surface area contributed by atoms with E-state index < -0.39 is 0 Å². The third kappa shape index (κ3) is 0.800. The van der Waals surface area contributed by atoms with Crippen LogP contribution in [0.5, 0.6) is 0 Å². The van der Waals surface area contributed by atoms with Gasteiger partial charge < -0.3 is 0 Å². The molecule has 0 unspecified atom stereocenters. The van der Waals surface area contributed by atoms with Crippen LogP contribution >= 0.6 is 0 Å². The summed E-state index contributed by atoms with van der Waals surface area (Å²) in [5, 5.41) is 2.89. The van der Waals surface area contributed by atoms with Gasteiger partial charge in [0.25, 0.3) is 0 Å². The van der Waals surface area contributed by atoms with Gasteiger partial charge in [0.05, 0.1) is 0 Å². The van der Waals surface area contributed by atoms with E-state index >= 15 is 0 Å². The Kier molecular flexibility index (Phi) is 1.15. The van der Waals surface area contributed by atoms with Crippen molar-refractivity contribution >= 4 is 15.4 Å². The fourth-order valence-electron chi connectivity index (χ4n) is 0.417. The molecule has 0 spiro atoms. The van der Waals surface area contributed by atoms with Crippen LogP contribution in [-0.2, 0) is 0 Å². The molecule has 0 saturated heterocycles. The van der Waals surface area contributed by atoms with Gasteiger partial charge in [0, 0.05) is 0 Å². The molecule has 0 aromatic heterocycles. The second-order valence-corrected chi connectivity index (χ2v) is 3.89. The van der Waals surface area contributed by atoms with Crippen LogP contribution in [0.3, 0.4) is 0 Å². The van der Waals surface area contributed by atoms with Crippen LogP contribution in [0.25, 0.3) is 0 Å². The first-order valence-electron chi connectivity index (χ1n) is 1.86. The quantitative estimate of drug-likeness (QED) is 0.337. The molecule has 1 rings (SSSR count). The van der Waals surface area contributed by atoms with E-state index in [1.54, 1.807) is 0 Å². The van der Waals surface area contributed by atoms with E-state index in [1.165, 1.54) is 10.5 Å². The van der Waals surface area contributed by atoms with Gasteiger partial charge in [0.1, 0.15) is 0 Å². The minimum atomic E-state index is 0.528. The first-order valence-corrected chi connectivity index (χ1v) is 4.82. The monoisotopic (exact) mass is 128 g/mol. The minimum absolute atomic E-state index is 0.528. The number of allylic oxidation sites excluding steroid dienone is 2. The van der Waals surface area contributed by atoms with Crippen LogP contribution in [-0.4, -0.2) is 15.4 Å². The number of hydrogen-bond donors (Lipinski definition) is 0. The third-order valence-electron chi connectivity index (χ3n) is 0.691. The molecule has 0 atom stereocenters. The van der Waals surface area contributed by atoms with Gasteiger partial charge in [0.2, 0.25) is 0 Å². The SMILES string of the molecule is C1=C[CH2][Ge][CH2]1. The predicted octanol–water partition coefficient (Wildman–Crippen LogP) is 1.10. The third-order valence-corrected chi connectivity index (χ3v) is 2.89. The zero-order chi connectivity index (χ0) is 3.54. The zero-order valence-corrected chi connectivity index (χ0v) is 5.17. The van der Waals surface area contributed by atoms with Gasteiger partial charge in [-0.3, -0.25) is 0 Å². The summed E-state index contributed by atoms with van der Waals surface area (Å²) in [6.07, 6.45) is 4.58. The Hall–Kier alpha value is 0.283. The molecule has 1 aliphatic heterocycles. The molecule has 2 radical (unpaired) electrons. The molecule has 1 heteroatoms. The van der Waals surface area contributed by atoms with Crippen molar-refractivity contribution in [1.82, 2.24) is 0 Å². The molecule has 5 heavy (non-hydrogen) atoms. The fraction of sp³-hybridized carbons (Fsp3) is 0.500. The van der Waals surface area contributed by atoms with Crippen LogP contribution in [0.15, 0.2) is 12.2 Å². The maximum atomic E-state index is 2.29. The van der Waals surface area contributed by atoms with E-state index in [0.29, 0.717) is 15.4 Å². The molecule has 0 aliphatic carbocycles. The van der Waals surface area contributed by atoms with Gasteiger partial charge in [-0.25, -0.2) is 0 Å². The molecular weight excluding hydrogens is 121 g/mol. The van der Waals surface area contributed by atoms with Crippen molar-refractivity contribution < 1.29 is 0 Å². The summed E-state index contributed by atoms with van der Waals surface area (Å²) in [7, 11) is 0. The predicted molar refractivity (Wildman–Crippen MR) is 24.5 cm³/mol. The first-order chi connectivity index (χ1) is 2.50. The van der Waals surface area contributed by atoms with E-state index in [9.17, 15) is 0 Å². The van der Waals surface area contributed by atoms with E-state index in [-0.39, 0.29) is 0 Å². The number of hydrogen-bond acceptors (Lipinski definition) is 0. The van der Waals surface area contributed by atoms with Gasteiger partial charge in [-0.1, -0.05) is 0 Å². The normalized spacial score (nSPS) is 20.8. The van der Waals surface area contributed by atoms with Gasteiger partial charge >= 0.3 is 38.1 Å². The molecular formula is C4H6Ge. The standard InChI is InChI=1S/C4H6Ge/c1-2-4-5-3-1/h1-2H,3-4H2. The molecule has 0 amide bonds. The maximum absolute atomic E-state index is 2.29. The van der Waals surface area contributed by atoms with Gasteiger partial charge in [-0.2, -0.15) is 0 Å². The van der Waals surface area contributed by atoms with Crippen LogP contribution < -0.4 is 0 Å². The summed E-state index contributed by atoms with van der Waals surface area (Å²) < 4.78 is 0. The average molecular weight is 127 g/mol. The Morgan fingerprint density at radius 3 is 2.00 bits per heavy atom. The van der Waals surface area contributed by atoms with Crippen molar-refractivity contribution in [2.45, 2.75) is 10.5 Å². The summed E-state index contributed by atoms with van der Waals surface area (Å²) in [6.45, 7) is 0. The van der Waals surface area contributed by atoms with E-state index in [4.69, 9.17) is 0 Å². The van der Waals surface area contributed by atoms with Gasteiger partial charge in [-0.15, -0.1) is 0 Å². The zero-order valence-electron chi connectivity index (χ0n) is 3.07. The fourth-order valence-corrected chi connectivity index (χ4v) is 2.17. The molecule has 0 aromatic carbocycles. The molecule has 0 aromatic rings. The summed E-state index contributed by atoms with van der Waals surface area (Å²) in [5.41, 5.74) is 0. The molecule has 26 valence electrons. The summed E-state index contributed by atoms with van der Waals surface area (Å²) >= 11 is 0.528. The second kappa shape index (κ2) is 1.65. The van der Waals surface area contributed by atoms with Crippen molar-refractivity contribution in [2.75, 3.05) is 0 Å². The summed E-state index contributed by atoms with van der Waals surface area (Å²) in [5.74, 6) is 0. The van der Waals surface area contributed by atoms with Crippen molar-refractivity contribution in [3.8, 4) is 0 Å².